The third kappa shape index (κ3) is 2.25. The Hall–Kier alpha value is -1.65. The third-order valence-electron chi connectivity index (χ3n) is 4.77. The minimum Gasteiger partial charge on any atom is -0.480 e. The number of anilines is 1. The summed E-state index contributed by atoms with van der Waals surface area (Å²) in [6.45, 7) is 2.19. The Morgan fingerprint density at radius 2 is 2.10 bits per heavy atom. The van der Waals surface area contributed by atoms with Gasteiger partial charge in [0.15, 0.2) is 0 Å². The number of hydrogen-bond acceptors (Lipinski definition) is 4. The van der Waals surface area contributed by atoms with Gasteiger partial charge in [0.25, 0.3) is 0 Å². The van der Waals surface area contributed by atoms with Gasteiger partial charge in [0.05, 0.1) is 0 Å². The van der Waals surface area contributed by atoms with Crippen LogP contribution in [0, 0.1) is 5.92 Å². The number of rotatable bonds is 3. The number of hydrogen-bond donors (Lipinski definition) is 2. The molecular formula is C15H21N3O2. The standard InChI is InChI=1S/C15H21N3O2/c1-10-5-7-15(8-6-10,14(19)20)18-13-11-3-2-4-12(11)16-9-17-13/h9-10H,2-8H2,1H3,(H,19,20)(H,16,17,18). The number of carboxylic acid groups (broad SMARTS) is 1. The Kier molecular flexibility index (Phi) is 3.36. The van der Waals surface area contributed by atoms with E-state index in [0.29, 0.717) is 18.8 Å². The van der Waals surface area contributed by atoms with Gasteiger partial charge in [-0.1, -0.05) is 6.92 Å². The zero-order valence-electron chi connectivity index (χ0n) is 11.9. The van der Waals surface area contributed by atoms with Crippen LogP contribution in [0.2, 0.25) is 0 Å². The summed E-state index contributed by atoms with van der Waals surface area (Å²) in [5, 5.41) is 12.9. The van der Waals surface area contributed by atoms with Crippen LogP contribution < -0.4 is 5.32 Å². The topological polar surface area (TPSA) is 75.1 Å². The number of aryl methyl sites for hydroxylation is 1. The number of carbonyl (C=O) groups is 1. The van der Waals surface area contributed by atoms with E-state index in [4.69, 9.17) is 0 Å². The molecule has 0 atom stereocenters. The Labute approximate surface area is 118 Å². The summed E-state index contributed by atoms with van der Waals surface area (Å²) in [7, 11) is 0. The van der Waals surface area contributed by atoms with Crippen LogP contribution in [0.15, 0.2) is 6.33 Å². The fourth-order valence-electron chi connectivity index (χ4n) is 3.34. The summed E-state index contributed by atoms with van der Waals surface area (Å²) in [5.41, 5.74) is 1.34. The van der Waals surface area contributed by atoms with Crippen molar-refractivity contribution in [1.82, 2.24) is 9.97 Å². The van der Waals surface area contributed by atoms with Crippen molar-refractivity contribution in [3.05, 3.63) is 17.6 Å². The molecule has 0 spiro atoms. The molecule has 0 radical (unpaired) electrons. The highest BCUT2D eigenvalue weighted by Gasteiger charge is 2.42. The van der Waals surface area contributed by atoms with Gasteiger partial charge in [-0.3, -0.25) is 0 Å². The first-order chi connectivity index (χ1) is 9.61. The first-order valence-corrected chi connectivity index (χ1v) is 7.45. The van der Waals surface area contributed by atoms with Gasteiger partial charge >= 0.3 is 5.97 Å². The van der Waals surface area contributed by atoms with E-state index in [1.807, 2.05) is 0 Å². The van der Waals surface area contributed by atoms with E-state index in [9.17, 15) is 9.90 Å². The van der Waals surface area contributed by atoms with E-state index >= 15 is 0 Å². The molecule has 1 aromatic rings. The molecule has 5 heteroatoms. The zero-order chi connectivity index (χ0) is 14.2. The van der Waals surface area contributed by atoms with Crippen molar-refractivity contribution in [2.24, 2.45) is 5.92 Å². The van der Waals surface area contributed by atoms with Gasteiger partial charge in [-0.25, -0.2) is 14.8 Å². The highest BCUT2D eigenvalue weighted by Crippen LogP contribution is 2.36. The van der Waals surface area contributed by atoms with Gasteiger partial charge in [0.1, 0.15) is 17.7 Å². The maximum Gasteiger partial charge on any atom is 0.329 e. The van der Waals surface area contributed by atoms with Gasteiger partial charge in [-0.15, -0.1) is 0 Å². The number of carboxylic acids is 1. The van der Waals surface area contributed by atoms with Gasteiger partial charge < -0.3 is 10.4 Å². The second-order valence-electron chi connectivity index (χ2n) is 6.20. The minimum absolute atomic E-state index is 0.611. The SMILES string of the molecule is CC1CCC(Nc2ncnc3c2CCC3)(C(=O)O)CC1. The lowest BCUT2D eigenvalue weighted by Crippen LogP contribution is -2.49. The van der Waals surface area contributed by atoms with Crippen LogP contribution in [0.25, 0.3) is 0 Å². The second-order valence-corrected chi connectivity index (χ2v) is 6.20. The van der Waals surface area contributed by atoms with Crippen molar-refractivity contribution in [2.75, 3.05) is 5.32 Å². The molecule has 0 bridgehead atoms. The zero-order valence-corrected chi connectivity index (χ0v) is 11.9. The van der Waals surface area contributed by atoms with Crippen LogP contribution in [0.3, 0.4) is 0 Å². The summed E-state index contributed by atoms with van der Waals surface area (Å²) in [6.07, 6.45) is 7.80. The van der Waals surface area contributed by atoms with E-state index in [-0.39, 0.29) is 0 Å². The fraction of sp³-hybridized carbons (Fsp3) is 0.667. The van der Waals surface area contributed by atoms with Gasteiger partial charge in [0, 0.05) is 11.3 Å². The van der Waals surface area contributed by atoms with E-state index < -0.39 is 11.5 Å². The fourth-order valence-corrected chi connectivity index (χ4v) is 3.34. The Bertz CT molecular complexity index is 522. The van der Waals surface area contributed by atoms with Crippen LogP contribution in [-0.4, -0.2) is 26.6 Å². The summed E-state index contributed by atoms with van der Waals surface area (Å²) >= 11 is 0. The summed E-state index contributed by atoms with van der Waals surface area (Å²) in [4.78, 5) is 20.4. The molecule has 0 unspecified atom stereocenters. The predicted octanol–water partition coefficient (Wildman–Crippen LogP) is 2.41. The lowest BCUT2D eigenvalue weighted by molar-refractivity contribution is -0.143. The van der Waals surface area contributed by atoms with Crippen LogP contribution >= 0.6 is 0 Å². The largest absolute Gasteiger partial charge is 0.480 e. The molecule has 1 heterocycles. The molecule has 0 saturated heterocycles. The maximum atomic E-state index is 11.8. The number of aliphatic carboxylic acids is 1. The quantitative estimate of drug-likeness (QED) is 0.886. The molecule has 5 nitrogen and oxygen atoms in total. The van der Waals surface area contributed by atoms with Gasteiger partial charge in [0.2, 0.25) is 0 Å². The molecule has 0 aromatic carbocycles. The summed E-state index contributed by atoms with van der Waals surface area (Å²) in [5.74, 6) is 0.597. The van der Waals surface area contributed by atoms with Crippen LogP contribution in [0.4, 0.5) is 5.82 Å². The van der Waals surface area contributed by atoms with Crippen LogP contribution in [-0.2, 0) is 17.6 Å². The molecule has 108 valence electrons. The molecule has 3 rings (SSSR count). The van der Waals surface area contributed by atoms with Crippen LogP contribution in [0.5, 0.6) is 0 Å². The lowest BCUT2D eigenvalue weighted by Gasteiger charge is -2.37. The highest BCUT2D eigenvalue weighted by atomic mass is 16.4. The Morgan fingerprint density at radius 3 is 2.80 bits per heavy atom. The first-order valence-electron chi connectivity index (χ1n) is 7.45. The van der Waals surface area contributed by atoms with Crippen molar-refractivity contribution in [2.45, 2.75) is 57.4 Å². The monoisotopic (exact) mass is 275 g/mol. The average molecular weight is 275 g/mol. The van der Waals surface area contributed by atoms with E-state index in [0.717, 1.165) is 49.2 Å². The maximum absolute atomic E-state index is 11.8. The average Bonchev–Trinajstić information content (AvgIpc) is 2.91. The van der Waals surface area contributed by atoms with Gasteiger partial charge in [-0.05, 0) is 50.9 Å². The molecule has 2 aliphatic rings. The van der Waals surface area contributed by atoms with Gasteiger partial charge in [-0.2, -0.15) is 0 Å². The molecule has 20 heavy (non-hydrogen) atoms. The highest BCUT2D eigenvalue weighted by molar-refractivity contribution is 5.83. The molecule has 2 aliphatic carbocycles. The van der Waals surface area contributed by atoms with Crippen molar-refractivity contribution in [1.29, 1.82) is 0 Å². The van der Waals surface area contributed by atoms with Crippen molar-refractivity contribution in [3.63, 3.8) is 0 Å². The minimum atomic E-state index is -0.850. The normalized spacial score (nSPS) is 28.9. The molecule has 0 amide bonds. The number of nitrogens with one attached hydrogen (secondary N) is 1. The molecule has 1 fully saturated rings. The van der Waals surface area contributed by atoms with E-state index in [1.165, 1.54) is 0 Å². The number of aromatic nitrogens is 2. The predicted molar refractivity (Wildman–Crippen MR) is 75.7 cm³/mol. The van der Waals surface area contributed by atoms with Crippen molar-refractivity contribution >= 4 is 11.8 Å². The third-order valence-corrected chi connectivity index (χ3v) is 4.77. The van der Waals surface area contributed by atoms with E-state index in [2.05, 4.69) is 22.2 Å². The lowest BCUT2D eigenvalue weighted by atomic mass is 9.77. The first kappa shape index (κ1) is 13.3. The Morgan fingerprint density at radius 1 is 1.35 bits per heavy atom. The molecular weight excluding hydrogens is 254 g/mol. The number of fused-ring (bicyclic) bond motifs is 1. The molecule has 1 saturated carbocycles. The molecule has 0 aliphatic heterocycles. The van der Waals surface area contributed by atoms with Crippen molar-refractivity contribution in [3.8, 4) is 0 Å². The summed E-state index contributed by atoms with van der Waals surface area (Å²) in [6, 6.07) is 0. The Balaban J connectivity index is 1.88. The smallest absolute Gasteiger partial charge is 0.329 e. The van der Waals surface area contributed by atoms with E-state index in [1.54, 1.807) is 6.33 Å². The number of nitrogens with zero attached hydrogens (tertiary/aromatic N) is 2. The second kappa shape index (κ2) is 5.04. The van der Waals surface area contributed by atoms with Crippen LogP contribution in [0.1, 0.15) is 50.3 Å². The molecule has 1 aromatic heterocycles. The molecule has 2 N–H and O–H groups in total. The summed E-state index contributed by atoms with van der Waals surface area (Å²) < 4.78 is 0. The van der Waals surface area contributed by atoms with Crippen molar-refractivity contribution < 1.29 is 9.90 Å².